The van der Waals surface area contributed by atoms with Gasteiger partial charge in [0.2, 0.25) is 10.5 Å². The van der Waals surface area contributed by atoms with Gasteiger partial charge >= 0.3 is 0 Å². The SMILES string of the molecule is [SiH3]Oc1ccc[nH]1. The van der Waals surface area contributed by atoms with Crippen LogP contribution in [0.15, 0.2) is 18.3 Å². The molecule has 0 aliphatic heterocycles. The molecule has 2 nitrogen and oxygen atoms in total. The van der Waals surface area contributed by atoms with Crippen LogP contribution in [0.5, 0.6) is 5.88 Å². The van der Waals surface area contributed by atoms with Gasteiger partial charge in [-0.1, -0.05) is 0 Å². The fraction of sp³-hybridized carbons (Fsp3) is 0. The Morgan fingerprint density at radius 1 is 1.71 bits per heavy atom. The van der Waals surface area contributed by atoms with Gasteiger partial charge in [-0.05, 0) is 12.1 Å². The average molecular weight is 113 g/mol. The molecule has 1 rings (SSSR count). The van der Waals surface area contributed by atoms with Gasteiger partial charge in [-0.25, -0.2) is 0 Å². The Bertz CT molecular complexity index is 126. The number of hydrogen-bond acceptors (Lipinski definition) is 1. The van der Waals surface area contributed by atoms with Crippen LogP contribution in [0.4, 0.5) is 0 Å². The number of hydrogen-bond donors (Lipinski definition) is 1. The second kappa shape index (κ2) is 1.84. The Labute approximate surface area is 45.0 Å². The Hall–Kier alpha value is -0.703. The zero-order chi connectivity index (χ0) is 5.11. The van der Waals surface area contributed by atoms with Crippen molar-refractivity contribution in [3.05, 3.63) is 18.3 Å². The van der Waals surface area contributed by atoms with E-state index in [0.29, 0.717) is 0 Å². The van der Waals surface area contributed by atoms with Crippen molar-refractivity contribution in [3.8, 4) is 5.88 Å². The molecule has 0 fully saturated rings. The molecule has 7 heavy (non-hydrogen) atoms. The van der Waals surface area contributed by atoms with E-state index in [4.69, 9.17) is 4.43 Å². The van der Waals surface area contributed by atoms with Crippen LogP contribution in [-0.2, 0) is 0 Å². The fourth-order valence-electron chi connectivity index (χ4n) is 0.441. The predicted octanol–water partition coefficient (Wildman–Crippen LogP) is -0.326. The molecule has 0 radical (unpaired) electrons. The highest BCUT2D eigenvalue weighted by Gasteiger charge is 1.80. The van der Waals surface area contributed by atoms with Crippen molar-refractivity contribution in [2.45, 2.75) is 0 Å². The minimum Gasteiger partial charge on any atom is -0.542 e. The number of aromatic amines is 1. The maximum atomic E-state index is 4.94. The van der Waals surface area contributed by atoms with E-state index in [9.17, 15) is 0 Å². The quantitative estimate of drug-likeness (QED) is 0.496. The third-order valence-corrected chi connectivity index (χ3v) is 1.23. The standard InChI is InChI=1S/C4H7NOSi/c7-6-4-2-1-3-5-4/h1-3,5H,7H3. The van der Waals surface area contributed by atoms with E-state index in [2.05, 4.69) is 4.98 Å². The fourth-order valence-corrected chi connectivity index (χ4v) is 0.695. The van der Waals surface area contributed by atoms with Crippen molar-refractivity contribution in [2.75, 3.05) is 0 Å². The lowest BCUT2D eigenvalue weighted by Crippen LogP contribution is -1.81. The zero-order valence-electron chi connectivity index (χ0n) is 4.14. The molecule has 0 aliphatic carbocycles. The van der Waals surface area contributed by atoms with E-state index in [1.807, 2.05) is 18.3 Å². The Morgan fingerprint density at radius 2 is 2.57 bits per heavy atom. The average Bonchev–Trinajstić information content (AvgIpc) is 2.14. The van der Waals surface area contributed by atoms with E-state index >= 15 is 0 Å². The summed E-state index contributed by atoms with van der Waals surface area (Å²) >= 11 is 0. The molecule has 0 amide bonds. The monoisotopic (exact) mass is 113 g/mol. The lowest BCUT2D eigenvalue weighted by Gasteiger charge is -1.89. The topological polar surface area (TPSA) is 25.0 Å². The maximum Gasteiger partial charge on any atom is 0.206 e. The lowest BCUT2D eigenvalue weighted by molar-refractivity contribution is 0.593. The van der Waals surface area contributed by atoms with Gasteiger partial charge in [-0.3, -0.25) is 0 Å². The third kappa shape index (κ3) is 0.836. The predicted molar refractivity (Wildman–Crippen MR) is 31.4 cm³/mol. The third-order valence-electron chi connectivity index (χ3n) is 0.789. The first kappa shape index (κ1) is 4.46. The molecule has 1 heterocycles. The maximum absolute atomic E-state index is 4.94. The molecule has 0 aromatic carbocycles. The summed E-state index contributed by atoms with van der Waals surface area (Å²) < 4.78 is 4.94. The normalized spacial score (nSPS) is 9.14. The second-order valence-electron chi connectivity index (χ2n) is 1.24. The Kier molecular flexibility index (Phi) is 1.17. The molecule has 38 valence electrons. The van der Waals surface area contributed by atoms with E-state index in [1.165, 1.54) is 0 Å². The molecule has 0 unspecified atom stereocenters. The number of nitrogens with one attached hydrogen (secondary N) is 1. The lowest BCUT2D eigenvalue weighted by atomic mass is 10.7. The summed E-state index contributed by atoms with van der Waals surface area (Å²) in [7, 11) is 0.761. The summed E-state index contributed by atoms with van der Waals surface area (Å²) in [6.07, 6.45) is 1.84. The summed E-state index contributed by atoms with van der Waals surface area (Å²) in [6.45, 7) is 0. The van der Waals surface area contributed by atoms with E-state index in [1.54, 1.807) is 0 Å². The Balaban J connectivity index is 2.76. The van der Waals surface area contributed by atoms with Crippen molar-refractivity contribution in [3.63, 3.8) is 0 Å². The number of rotatable bonds is 1. The summed E-state index contributed by atoms with van der Waals surface area (Å²) in [4.78, 5) is 2.90. The molecule has 0 saturated heterocycles. The molecule has 1 aromatic heterocycles. The van der Waals surface area contributed by atoms with E-state index in [0.717, 1.165) is 16.4 Å². The van der Waals surface area contributed by atoms with Crippen LogP contribution < -0.4 is 4.43 Å². The summed E-state index contributed by atoms with van der Waals surface area (Å²) in [5.41, 5.74) is 0. The van der Waals surface area contributed by atoms with Gasteiger partial charge < -0.3 is 9.41 Å². The molecule has 1 aromatic rings. The molecule has 0 atom stereocenters. The minimum absolute atomic E-state index is 0.761. The van der Waals surface area contributed by atoms with Crippen LogP contribution in [0, 0.1) is 0 Å². The first-order chi connectivity index (χ1) is 3.43. The number of H-pyrrole nitrogens is 1. The molecule has 0 saturated carbocycles. The Morgan fingerprint density at radius 3 is 2.86 bits per heavy atom. The van der Waals surface area contributed by atoms with Crippen LogP contribution in [0.1, 0.15) is 0 Å². The van der Waals surface area contributed by atoms with Crippen molar-refractivity contribution in [2.24, 2.45) is 0 Å². The van der Waals surface area contributed by atoms with Gasteiger partial charge in [0.25, 0.3) is 0 Å². The summed E-state index contributed by atoms with van der Waals surface area (Å²) in [5.74, 6) is 0.867. The van der Waals surface area contributed by atoms with Gasteiger partial charge in [0.15, 0.2) is 5.88 Å². The zero-order valence-corrected chi connectivity index (χ0v) is 6.14. The van der Waals surface area contributed by atoms with Gasteiger partial charge in [-0.2, -0.15) is 0 Å². The largest absolute Gasteiger partial charge is 0.542 e. The van der Waals surface area contributed by atoms with Gasteiger partial charge in [0.05, 0.1) is 0 Å². The van der Waals surface area contributed by atoms with E-state index < -0.39 is 0 Å². The molecule has 0 spiro atoms. The van der Waals surface area contributed by atoms with Gasteiger partial charge in [0.1, 0.15) is 0 Å². The molecular weight excluding hydrogens is 106 g/mol. The van der Waals surface area contributed by atoms with Crippen LogP contribution in [-0.4, -0.2) is 15.5 Å². The van der Waals surface area contributed by atoms with Crippen LogP contribution >= 0.6 is 0 Å². The highest BCUT2D eigenvalue weighted by atomic mass is 28.2. The summed E-state index contributed by atoms with van der Waals surface area (Å²) in [6, 6.07) is 3.81. The highest BCUT2D eigenvalue weighted by Crippen LogP contribution is 2.00. The molecule has 0 bridgehead atoms. The van der Waals surface area contributed by atoms with Gasteiger partial charge in [-0.15, -0.1) is 0 Å². The summed E-state index contributed by atoms with van der Waals surface area (Å²) in [5, 5.41) is 0. The smallest absolute Gasteiger partial charge is 0.206 e. The minimum atomic E-state index is 0.761. The first-order valence-corrected chi connectivity index (χ1v) is 2.92. The highest BCUT2D eigenvalue weighted by molar-refractivity contribution is 5.99. The number of aromatic nitrogens is 1. The van der Waals surface area contributed by atoms with Crippen molar-refractivity contribution in [1.82, 2.24) is 4.98 Å². The molecule has 3 heteroatoms. The molecule has 1 N–H and O–H groups in total. The van der Waals surface area contributed by atoms with Crippen molar-refractivity contribution >= 4 is 10.5 Å². The van der Waals surface area contributed by atoms with E-state index in [-0.39, 0.29) is 0 Å². The van der Waals surface area contributed by atoms with Crippen LogP contribution in [0.3, 0.4) is 0 Å². The van der Waals surface area contributed by atoms with Crippen LogP contribution in [0.25, 0.3) is 0 Å². The second-order valence-corrected chi connectivity index (χ2v) is 1.65. The van der Waals surface area contributed by atoms with Gasteiger partial charge in [0, 0.05) is 6.20 Å². The van der Waals surface area contributed by atoms with Crippen LogP contribution in [0.2, 0.25) is 0 Å². The van der Waals surface area contributed by atoms with Crippen molar-refractivity contribution in [1.29, 1.82) is 0 Å². The first-order valence-electron chi connectivity index (χ1n) is 2.11. The molecular formula is C4H7NOSi. The molecule has 0 aliphatic rings. The van der Waals surface area contributed by atoms with Crippen molar-refractivity contribution < 1.29 is 4.43 Å².